The standard InChI is InChI=1S/C12H11N5O4/c1-2-7-5-14-10(20-7)6-13-8-3-4-9(17(18)19)12-11(8)15-21-16-12/h3-5,13H,2,6H2,1H3. The molecule has 0 atom stereocenters. The normalized spacial score (nSPS) is 10.9. The van der Waals surface area contributed by atoms with E-state index in [-0.39, 0.29) is 11.2 Å². The van der Waals surface area contributed by atoms with Crippen LogP contribution in [0.25, 0.3) is 11.0 Å². The van der Waals surface area contributed by atoms with Crippen molar-refractivity contribution >= 4 is 22.4 Å². The Morgan fingerprint density at radius 3 is 2.86 bits per heavy atom. The minimum Gasteiger partial charge on any atom is -0.444 e. The molecule has 21 heavy (non-hydrogen) atoms. The number of non-ortho nitro benzene ring substituents is 1. The lowest BCUT2D eigenvalue weighted by Gasteiger charge is -2.03. The quantitative estimate of drug-likeness (QED) is 0.561. The van der Waals surface area contributed by atoms with Crippen molar-refractivity contribution in [2.24, 2.45) is 0 Å². The van der Waals surface area contributed by atoms with Crippen molar-refractivity contribution in [1.82, 2.24) is 15.3 Å². The number of hydrogen-bond donors (Lipinski definition) is 1. The van der Waals surface area contributed by atoms with E-state index in [0.717, 1.165) is 12.2 Å². The Hall–Kier alpha value is -2.97. The number of anilines is 1. The minimum absolute atomic E-state index is 0.103. The van der Waals surface area contributed by atoms with Gasteiger partial charge in [0, 0.05) is 12.5 Å². The first-order valence-corrected chi connectivity index (χ1v) is 6.26. The summed E-state index contributed by atoms with van der Waals surface area (Å²) in [6.07, 6.45) is 2.43. The van der Waals surface area contributed by atoms with Crippen LogP contribution in [-0.4, -0.2) is 20.2 Å². The SMILES string of the molecule is CCc1cnc(CNc2ccc([N+](=O)[O-])c3nonc23)o1. The largest absolute Gasteiger partial charge is 0.444 e. The molecule has 9 nitrogen and oxygen atoms in total. The smallest absolute Gasteiger partial charge is 0.300 e. The topological polar surface area (TPSA) is 120 Å². The second-order valence-corrected chi connectivity index (χ2v) is 4.28. The fraction of sp³-hybridized carbons (Fsp3) is 0.250. The van der Waals surface area contributed by atoms with Crippen molar-refractivity contribution in [3.05, 3.63) is 40.1 Å². The van der Waals surface area contributed by atoms with Crippen LogP contribution < -0.4 is 5.32 Å². The molecule has 0 bridgehead atoms. The van der Waals surface area contributed by atoms with Gasteiger partial charge in [-0.05, 0) is 16.4 Å². The highest BCUT2D eigenvalue weighted by atomic mass is 16.6. The van der Waals surface area contributed by atoms with Gasteiger partial charge in [0.2, 0.25) is 11.4 Å². The molecule has 3 aromatic rings. The zero-order chi connectivity index (χ0) is 14.8. The van der Waals surface area contributed by atoms with E-state index in [1.165, 1.54) is 6.07 Å². The molecule has 2 heterocycles. The van der Waals surface area contributed by atoms with E-state index in [9.17, 15) is 10.1 Å². The molecule has 3 rings (SSSR count). The zero-order valence-electron chi connectivity index (χ0n) is 11.1. The molecule has 0 saturated heterocycles. The number of rotatable bonds is 5. The van der Waals surface area contributed by atoms with Crippen LogP contribution in [-0.2, 0) is 13.0 Å². The van der Waals surface area contributed by atoms with Gasteiger partial charge in [0.05, 0.1) is 23.4 Å². The maximum absolute atomic E-state index is 10.9. The molecule has 108 valence electrons. The third-order valence-corrected chi connectivity index (χ3v) is 2.97. The van der Waals surface area contributed by atoms with Gasteiger partial charge in [-0.15, -0.1) is 0 Å². The Morgan fingerprint density at radius 1 is 1.33 bits per heavy atom. The van der Waals surface area contributed by atoms with Crippen LogP contribution in [0.3, 0.4) is 0 Å². The van der Waals surface area contributed by atoms with Gasteiger partial charge in [0.1, 0.15) is 5.76 Å². The number of oxazole rings is 1. The van der Waals surface area contributed by atoms with Crippen molar-refractivity contribution < 1.29 is 14.0 Å². The summed E-state index contributed by atoms with van der Waals surface area (Å²) in [7, 11) is 0. The maximum Gasteiger partial charge on any atom is 0.300 e. The maximum atomic E-state index is 10.9. The van der Waals surface area contributed by atoms with Gasteiger partial charge in [0.25, 0.3) is 0 Å². The number of fused-ring (bicyclic) bond motifs is 1. The Balaban J connectivity index is 1.86. The molecule has 0 fully saturated rings. The fourth-order valence-electron chi connectivity index (χ4n) is 1.91. The highest BCUT2D eigenvalue weighted by Gasteiger charge is 2.19. The van der Waals surface area contributed by atoms with Crippen molar-refractivity contribution in [1.29, 1.82) is 0 Å². The monoisotopic (exact) mass is 289 g/mol. The van der Waals surface area contributed by atoms with E-state index in [1.54, 1.807) is 12.3 Å². The van der Waals surface area contributed by atoms with Gasteiger partial charge in [-0.25, -0.2) is 9.61 Å². The summed E-state index contributed by atoms with van der Waals surface area (Å²) >= 11 is 0. The molecule has 0 aliphatic heterocycles. The van der Waals surface area contributed by atoms with E-state index in [4.69, 9.17) is 4.42 Å². The van der Waals surface area contributed by atoms with Gasteiger partial charge in [0.15, 0.2) is 5.52 Å². The molecule has 1 aromatic carbocycles. The average molecular weight is 289 g/mol. The van der Waals surface area contributed by atoms with Crippen molar-refractivity contribution in [2.45, 2.75) is 19.9 Å². The lowest BCUT2D eigenvalue weighted by Crippen LogP contribution is -2.01. The number of aryl methyl sites for hydroxylation is 1. The van der Waals surface area contributed by atoms with Crippen LogP contribution in [0.2, 0.25) is 0 Å². The first kappa shape index (κ1) is 13.0. The Labute approximate surface area is 118 Å². The van der Waals surface area contributed by atoms with Crippen LogP contribution in [0.4, 0.5) is 11.4 Å². The van der Waals surface area contributed by atoms with Crippen molar-refractivity contribution in [3.63, 3.8) is 0 Å². The summed E-state index contributed by atoms with van der Waals surface area (Å²) in [5.74, 6) is 1.32. The average Bonchev–Trinajstić information content (AvgIpc) is 3.13. The van der Waals surface area contributed by atoms with Gasteiger partial charge in [-0.2, -0.15) is 0 Å². The van der Waals surface area contributed by atoms with Crippen LogP contribution in [0, 0.1) is 10.1 Å². The Kier molecular flexibility index (Phi) is 3.22. The van der Waals surface area contributed by atoms with E-state index in [1.807, 2.05) is 6.92 Å². The minimum atomic E-state index is -0.530. The number of aromatic nitrogens is 3. The molecule has 0 aliphatic rings. The summed E-state index contributed by atoms with van der Waals surface area (Å²) in [5.41, 5.74) is 0.812. The lowest BCUT2D eigenvalue weighted by atomic mass is 10.2. The molecule has 0 amide bonds. The number of hydrogen-bond acceptors (Lipinski definition) is 8. The number of nitrogens with one attached hydrogen (secondary N) is 1. The van der Waals surface area contributed by atoms with Crippen LogP contribution in [0.1, 0.15) is 18.6 Å². The highest BCUT2D eigenvalue weighted by molar-refractivity contribution is 5.93. The molecule has 0 saturated carbocycles. The van der Waals surface area contributed by atoms with Crippen molar-refractivity contribution in [2.75, 3.05) is 5.32 Å². The molecular formula is C12H11N5O4. The molecule has 0 radical (unpaired) electrons. The van der Waals surface area contributed by atoms with Gasteiger partial charge >= 0.3 is 5.69 Å². The molecule has 0 spiro atoms. The number of nitro benzene ring substituents is 1. The molecule has 1 N–H and O–H groups in total. The lowest BCUT2D eigenvalue weighted by molar-refractivity contribution is -0.383. The van der Waals surface area contributed by atoms with E-state index in [0.29, 0.717) is 23.6 Å². The molecular weight excluding hydrogens is 278 g/mol. The summed E-state index contributed by atoms with van der Waals surface area (Å²) in [5, 5.41) is 21.2. The van der Waals surface area contributed by atoms with Gasteiger partial charge < -0.3 is 9.73 Å². The van der Waals surface area contributed by atoms with Crippen molar-refractivity contribution in [3.8, 4) is 0 Å². The Morgan fingerprint density at radius 2 is 2.14 bits per heavy atom. The van der Waals surface area contributed by atoms with E-state index >= 15 is 0 Å². The second kappa shape index (κ2) is 5.19. The summed E-state index contributed by atoms with van der Waals surface area (Å²) in [6, 6.07) is 2.90. The predicted octanol–water partition coefficient (Wildman–Crippen LogP) is 2.29. The first-order valence-electron chi connectivity index (χ1n) is 6.26. The van der Waals surface area contributed by atoms with Gasteiger partial charge in [-0.3, -0.25) is 10.1 Å². The molecule has 0 unspecified atom stereocenters. The predicted molar refractivity (Wildman–Crippen MR) is 71.7 cm³/mol. The number of benzene rings is 1. The van der Waals surface area contributed by atoms with Gasteiger partial charge in [-0.1, -0.05) is 6.92 Å². The highest BCUT2D eigenvalue weighted by Crippen LogP contribution is 2.28. The van der Waals surface area contributed by atoms with Crippen LogP contribution >= 0.6 is 0 Å². The number of nitro groups is 1. The summed E-state index contributed by atoms with van der Waals surface area (Å²) in [4.78, 5) is 14.5. The summed E-state index contributed by atoms with van der Waals surface area (Å²) in [6.45, 7) is 2.30. The molecule has 9 heteroatoms. The molecule has 0 aliphatic carbocycles. The summed E-state index contributed by atoms with van der Waals surface area (Å²) < 4.78 is 10.1. The number of nitrogens with zero attached hydrogens (tertiary/aromatic N) is 4. The second-order valence-electron chi connectivity index (χ2n) is 4.28. The van der Waals surface area contributed by atoms with E-state index in [2.05, 4.69) is 25.2 Å². The van der Waals surface area contributed by atoms with Crippen LogP contribution in [0.5, 0.6) is 0 Å². The third-order valence-electron chi connectivity index (χ3n) is 2.97. The van der Waals surface area contributed by atoms with E-state index < -0.39 is 4.92 Å². The fourth-order valence-corrected chi connectivity index (χ4v) is 1.91. The molecule has 2 aromatic heterocycles. The van der Waals surface area contributed by atoms with Crippen LogP contribution in [0.15, 0.2) is 27.4 Å². The first-order chi connectivity index (χ1) is 10.2. The Bertz CT molecular complexity index is 794. The third kappa shape index (κ3) is 2.40. The zero-order valence-corrected chi connectivity index (χ0v) is 11.1.